The molecule has 0 heterocycles. The lowest BCUT2D eigenvalue weighted by Crippen LogP contribution is -2.51. The molecule has 0 aliphatic carbocycles. The van der Waals surface area contributed by atoms with E-state index in [0.29, 0.717) is 6.54 Å². The zero-order valence-electron chi connectivity index (χ0n) is 15.3. The highest BCUT2D eigenvalue weighted by atomic mass is 16.4. The Bertz CT molecular complexity index is 352. The minimum absolute atomic E-state index is 0.0301. The van der Waals surface area contributed by atoms with Crippen molar-refractivity contribution in [1.29, 1.82) is 0 Å². The zero-order valence-corrected chi connectivity index (χ0v) is 15.3. The monoisotopic (exact) mass is 361 g/mol. The van der Waals surface area contributed by atoms with E-state index in [1.165, 1.54) is 44.9 Å². The van der Waals surface area contributed by atoms with Crippen molar-refractivity contribution in [3.05, 3.63) is 0 Å². The molecule has 0 fully saturated rings. The number of aliphatic hydroxyl groups excluding tert-OH is 4. The van der Waals surface area contributed by atoms with Gasteiger partial charge in [0.05, 0.1) is 0 Å². The van der Waals surface area contributed by atoms with Crippen molar-refractivity contribution in [3.63, 3.8) is 0 Å². The summed E-state index contributed by atoms with van der Waals surface area (Å²) in [6.45, 7) is 2.57. The first kappa shape index (κ1) is 24.0. The van der Waals surface area contributed by atoms with Crippen LogP contribution in [-0.4, -0.2) is 63.6 Å². The minimum atomic E-state index is -1.92. The predicted molar refractivity (Wildman–Crippen MR) is 94.9 cm³/mol. The number of hydrogen-bond donors (Lipinski definition) is 5. The van der Waals surface area contributed by atoms with Crippen LogP contribution in [0, 0.1) is 0 Å². The molecule has 0 radical (unpaired) electrons. The molecule has 4 unspecified atom stereocenters. The first-order valence-electron chi connectivity index (χ1n) is 9.41. The number of unbranched alkanes of at least 4 members (excludes halogenated alkanes) is 9. The largest absolute Gasteiger partial charge is 0.387 e. The van der Waals surface area contributed by atoms with Gasteiger partial charge in [-0.05, 0) is 6.42 Å². The summed E-state index contributed by atoms with van der Waals surface area (Å²) in [5.41, 5.74) is 0. The molecule has 0 rings (SSSR count). The number of aliphatic hydroxyl groups is 4. The molecular weight excluding hydrogens is 326 g/mol. The Hall–Kier alpha value is -1.02. The number of rotatable bonds is 16. The second-order valence-corrected chi connectivity index (χ2v) is 6.53. The molecule has 0 bridgehead atoms. The Morgan fingerprint density at radius 3 is 1.80 bits per heavy atom. The fourth-order valence-corrected chi connectivity index (χ4v) is 2.55. The van der Waals surface area contributed by atoms with E-state index in [9.17, 15) is 24.9 Å². The van der Waals surface area contributed by atoms with E-state index in [1.807, 2.05) is 0 Å². The van der Waals surface area contributed by atoms with Gasteiger partial charge in [0.2, 0.25) is 0 Å². The number of amides is 1. The standard InChI is InChI=1S/C18H35NO6/c1-2-3-4-5-6-7-8-9-10-11-12-19-18(25)17(24)16(23)15(22)14(21)13-20/h13-17,21-24H,2-12H2,1H3,(H,19,25). The van der Waals surface area contributed by atoms with Crippen LogP contribution >= 0.6 is 0 Å². The molecule has 4 atom stereocenters. The van der Waals surface area contributed by atoms with Gasteiger partial charge in [0.1, 0.15) is 18.3 Å². The second kappa shape index (κ2) is 15.3. The number of nitrogens with one attached hydrogen (secondary N) is 1. The maximum Gasteiger partial charge on any atom is 0.251 e. The van der Waals surface area contributed by atoms with Crippen LogP contribution in [0.1, 0.15) is 71.1 Å². The Morgan fingerprint density at radius 1 is 0.840 bits per heavy atom. The van der Waals surface area contributed by atoms with Gasteiger partial charge in [-0.1, -0.05) is 64.7 Å². The van der Waals surface area contributed by atoms with Crippen molar-refractivity contribution < 1.29 is 30.0 Å². The van der Waals surface area contributed by atoms with Crippen LogP contribution in [0.2, 0.25) is 0 Å². The Kier molecular flexibility index (Phi) is 14.6. The molecule has 0 saturated carbocycles. The lowest BCUT2D eigenvalue weighted by molar-refractivity contribution is -0.149. The predicted octanol–water partition coefficient (Wildman–Crippen LogP) is 0.666. The van der Waals surface area contributed by atoms with E-state index in [0.717, 1.165) is 19.3 Å². The van der Waals surface area contributed by atoms with Crippen LogP contribution in [0.4, 0.5) is 0 Å². The summed E-state index contributed by atoms with van der Waals surface area (Å²) in [4.78, 5) is 22.0. The third kappa shape index (κ3) is 11.3. The SMILES string of the molecule is CCCCCCCCCCCCNC(=O)C(O)C(O)C(O)C(O)C=O. The molecule has 5 N–H and O–H groups in total. The fourth-order valence-electron chi connectivity index (χ4n) is 2.55. The summed E-state index contributed by atoms with van der Waals surface area (Å²) in [6.07, 6.45) is 4.16. The summed E-state index contributed by atoms with van der Waals surface area (Å²) in [7, 11) is 0. The lowest BCUT2D eigenvalue weighted by atomic mass is 10.0. The summed E-state index contributed by atoms with van der Waals surface area (Å²) >= 11 is 0. The first-order valence-corrected chi connectivity index (χ1v) is 9.41. The van der Waals surface area contributed by atoms with Crippen molar-refractivity contribution in [2.24, 2.45) is 0 Å². The van der Waals surface area contributed by atoms with Crippen molar-refractivity contribution in [2.45, 2.75) is 95.5 Å². The molecule has 148 valence electrons. The molecule has 0 spiro atoms. The third-order valence-electron chi connectivity index (χ3n) is 4.26. The summed E-state index contributed by atoms with van der Waals surface area (Å²) < 4.78 is 0. The van der Waals surface area contributed by atoms with Crippen LogP contribution < -0.4 is 5.32 Å². The van der Waals surface area contributed by atoms with E-state index in [1.54, 1.807) is 0 Å². The van der Waals surface area contributed by atoms with E-state index in [2.05, 4.69) is 12.2 Å². The maximum absolute atomic E-state index is 11.7. The summed E-state index contributed by atoms with van der Waals surface area (Å²) in [6, 6.07) is 0. The molecular formula is C18H35NO6. The molecule has 0 aliphatic rings. The molecule has 1 amide bonds. The Morgan fingerprint density at radius 2 is 1.32 bits per heavy atom. The minimum Gasteiger partial charge on any atom is -0.387 e. The van der Waals surface area contributed by atoms with E-state index in [-0.39, 0.29) is 6.29 Å². The molecule has 0 saturated heterocycles. The number of hydrogen-bond acceptors (Lipinski definition) is 6. The summed E-state index contributed by atoms with van der Waals surface area (Å²) in [5.74, 6) is -0.833. The number of carbonyl (C=O) groups is 2. The van der Waals surface area contributed by atoms with Crippen molar-refractivity contribution in [2.75, 3.05) is 6.54 Å². The Balaban J connectivity index is 3.67. The van der Waals surface area contributed by atoms with Crippen LogP contribution in [0.25, 0.3) is 0 Å². The molecule has 0 aromatic heterocycles. The van der Waals surface area contributed by atoms with Gasteiger partial charge in [0.25, 0.3) is 5.91 Å². The average Bonchev–Trinajstić information content (AvgIpc) is 2.63. The third-order valence-corrected chi connectivity index (χ3v) is 4.26. The normalized spacial score (nSPS) is 16.0. The highest BCUT2D eigenvalue weighted by molar-refractivity contribution is 5.81. The van der Waals surface area contributed by atoms with Crippen LogP contribution in [-0.2, 0) is 9.59 Å². The van der Waals surface area contributed by atoms with Gasteiger partial charge in [-0.15, -0.1) is 0 Å². The maximum atomic E-state index is 11.7. The van der Waals surface area contributed by atoms with E-state index >= 15 is 0 Å². The van der Waals surface area contributed by atoms with Gasteiger partial charge in [-0.25, -0.2) is 0 Å². The van der Waals surface area contributed by atoms with Crippen molar-refractivity contribution in [1.82, 2.24) is 5.32 Å². The molecule has 7 nitrogen and oxygen atoms in total. The van der Waals surface area contributed by atoms with Crippen LogP contribution in [0.5, 0.6) is 0 Å². The first-order chi connectivity index (χ1) is 12.0. The molecule has 7 heteroatoms. The Labute approximate surface area is 150 Å². The van der Waals surface area contributed by atoms with Gasteiger partial charge >= 0.3 is 0 Å². The number of aldehydes is 1. The molecule has 0 aromatic rings. The number of carbonyl (C=O) groups excluding carboxylic acids is 2. The van der Waals surface area contributed by atoms with Gasteiger partial charge in [-0.2, -0.15) is 0 Å². The second-order valence-electron chi connectivity index (χ2n) is 6.53. The topological polar surface area (TPSA) is 127 Å². The van der Waals surface area contributed by atoms with Gasteiger partial charge in [-0.3, -0.25) is 4.79 Å². The molecule has 0 aromatic carbocycles. The van der Waals surface area contributed by atoms with Crippen molar-refractivity contribution >= 4 is 12.2 Å². The lowest BCUT2D eigenvalue weighted by Gasteiger charge is -2.23. The molecule has 0 aliphatic heterocycles. The quantitative estimate of drug-likeness (QED) is 0.203. The zero-order chi connectivity index (χ0) is 19.1. The van der Waals surface area contributed by atoms with Gasteiger partial charge in [0, 0.05) is 6.54 Å². The fraction of sp³-hybridized carbons (Fsp3) is 0.889. The smallest absolute Gasteiger partial charge is 0.251 e. The summed E-state index contributed by atoms with van der Waals surface area (Å²) in [5, 5.41) is 40.1. The van der Waals surface area contributed by atoms with Crippen LogP contribution in [0.3, 0.4) is 0 Å². The highest BCUT2D eigenvalue weighted by Crippen LogP contribution is 2.10. The average molecular weight is 361 g/mol. The van der Waals surface area contributed by atoms with Crippen molar-refractivity contribution in [3.8, 4) is 0 Å². The van der Waals surface area contributed by atoms with E-state index in [4.69, 9.17) is 5.11 Å². The molecule has 25 heavy (non-hydrogen) atoms. The highest BCUT2D eigenvalue weighted by Gasteiger charge is 2.34. The van der Waals surface area contributed by atoms with Gasteiger partial charge in [0.15, 0.2) is 12.4 Å². The van der Waals surface area contributed by atoms with Gasteiger partial charge < -0.3 is 30.5 Å². The van der Waals surface area contributed by atoms with Crippen LogP contribution in [0.15, 0.2) is 0 Å². The van der Waals surface area contributed by atoms with E-state index < -0.39 is 30.3 Å².